The molecular formula is C10H15FO2S. The van der Waals surface area contributed by atoms with Crippen LogP contribution in [-0.4, -0.2) is 23.6 Å². The lowest BCUT2D eigenvalue weighted by atomic mass is 10.4. The second kappa shape index (κ2) is 6.09. The minimum absolute atomic E-state index is 0.415. The Morgan fingerprint density at radius 3 is 2.79 bits per heavy atom. The summed E-state index contributed by atoms with van der Waals surface area (Å²) in [5.41, 5.74) is 0. The van der Waals surface area contributed by atoms with Gasteiger partial charge in [-0.25, -0.2) is 4.39 Å². The van der Waals surface area contributed by atoms with E-state index >= 15 is 0 Å². The summed E-state index contributed by atoms with van der Waals surface area (Å²) in [5, 5.41) is 8.96. The van der Waals surface area contributed by atoms with Crippen LogP contribution in [0.25, 0.3) is 0 Å². The van der Waals surface area contributed by atoms with Gasteiger partial charge in [-0.3, -0.25) is 0 Å². The first-order valence-electron chi connectivity index (χ1n) is 4.65. The molecule has 4 heteroatoms. The van der Waals surface area contributed by atoms with Crippen LogP contribution in [-0.2, 0) is 12.2 Å². The molecule has 1 atom stereocenters. The molecule has 1 heterocycles. The smallest absolute Gasteiger partial charge is 0.116 e. The molecule has 0 fully saturated rings. The van der Waals surface area contributed by atoms with Crippen molar-refractivity contribution in [2.45, 2.75) is 25.2 Å². The van der Waals surface area contributed by atoms with Crippen molar-refractivity contribution in [3.8, 4) is 0 Å². The zero-order valence-electron chi connectivity index (χ0n) is 8.20. The number of hydrogen-bond acceptors (Lipinski definition) is 3. The van der Waals surface area contributed by atoms with Gasteiger partial charge >= 0.3 is 0 Å². The van der Waals surface area contributed by atoms with Crippen LogP contribution in [0.3, 0.4) is 0 Å². The lowest BCUT2D eigenvalue weighted by Gasteiger charge is -2.03. The van der Waals surface area contributed by atoms with Gasteiger partial charge in [-0.2, -0.15) is 11.8 Å². The molecule has 1 N–H and O–H groups in total. The fourth-order valence-corrected chi connectivity index (χ4v) is 1.87. The molecule has 0 aromatic carbocycles. The van der Waals surface area contributed by atoms with Crippen molar-refractivity contribution >= 4 is 11.8 Å². The third-order valence-electron chi connectivity index (χ3n) is 1.80. The molecule has 1 rings (SSSR count). The fourth-order valence-electron chi connectivity index (χ4n) is 1.03. The zero-order valence-corrected chi connectivity index (χ0v) is 9.02. The highest BCUT2D eigenvalue weighted by Crippen LogP contribution is 2.16. The van der Waals surface area contributed by atoms with Gasteiger partial charge < -0.3 is 9.52 Å². The highest BCUT2D eigenvalue weighted by atomic mass is 32.2. The lowest BCUT2D eigenvalue weighted by molar-refractivity contribution is 0.162. The van der Waals surface area contributed by atoms with Crippen LogP contribution in [0.5, 0.6) is 0 Å². The monoisotopic (exact) mass is 218 g/mol. The molecule has 14 heavy (non-hydrogen) atoms. The van der Waals surface area contributed by atoms with Crippen LogP contribution in [0.15, 0.2) is 16.5 Å². The Labute approximate surface area is 87.5 Å². The molecule has 0 radical (unpaired) electrons. The molecule has 1 aromatic rings. The van der Waals surface area contributed by atoms with Gasteiger partial charge in [0.15, 0.2) is 0 Å². The van der Waals surface area contributed by atoms with Crippen molar-refractivity contribution in [3.63, 3.8) is 0 Å². The van der Waals surface area contributed by atoms with E-state index in [1.807, 2.05) is 19.1 Å². The molecule has 1 aromatic heterocycles. The summed E-state index contributed by atoms with van der Waals surface area (Å²) in [7, 11) is 0. The van der Waals surface area contributed by atoms with Gasteiger partial charge in [-0.15, -0.1) is 0 Å². The quantitative estimate of drug-likeness (QED) is 0.796. The predicted octanol–water partition coefficient (Wildman–Crippen LogP) is 2.41. The first kappa shape index (κ1) is 11.6. The van der Waals surface area contributed by atoms with E-state index in [1.54, 1.807) is 0 Å². The standard InChI is InChI=1S/C10H15FO2S/c1-2-9-3-4-10(13-9)7-14-6-8(12)5-11/h3-4,8,12H,2,5-7H2,1H3. The number of halogens is 1. The molecule has 1 unspecified atom stereocenters. The first-order valence-corrected chi connectivity index (χ1v) is 5.81. The molecule has 0 saturated heterocycles. The van der Waals surface area contributed by atoms with E-state index in [-0.39, 0.29) is 0 Å². The van der Waals surface area contributed by atoms with E-state index < -0.39 is 12.8 Å². The first-order chi connectivity index (χ1) is 6.76. The number of alkyl halides is 1. The van der Waals surface area contributed by atoms with Crippen molar-refractivity contribution in [2.24, 2.45) is 0 Å². The molecule has 0 spiro atoms. The fraction of sp³-hybridized carbons (Fsp3) is 0.600. The summed E-state index contributed by atoms with van der Waals surface area (Å²) in [6.07, 6.45) is 0.0400. The van der Waals surface area contributed by atoms with Gasteiger partial charge in [-0.05, 0) is 12.1 Å². The van der Waals surface area contributed by atoms with E-state index in [0.29, 0.717) is 11.5 Å². The van der Waals surface area contributed by atoms with Crippen molar-refractivity contribution in [2.75, 3.05) is 12.4 Å². The number of rotatable bonds is 6. The van der Waals surface area contributed by atoms with Crippen molar-refractivity contribution in [1.29, 1.82) is 0 Å². The number of furan rings is 1. The molecule has 0 aliphatic heterocycles. The Kier molecular flexibility index (Phi) is 5.04. The molecule has 0 aliphatic rings. The molecule has 0 saturated carbocycles. The summed E-state index contributed by atoms with van der Waals surface area (Å²) in [5.74, 6) is 2.96. The zero-order chi connectivity index (χ0) is 10.4. The van der Waals surface area contributed by atoms with Crippen molar-refractivity contribution in [3.05, 3.63) is 23.7 Å². The maximum atomic E-state index is 11.9. The second-order valence-corrected chi connectivity index (χ2v) is 4.08. The number of aryl methyl sites for hydroxylation is 1. The van der Waals surface area contributed by atoms with Crippen molar-refractivity contribution in [1.82, 2.24) is 0 Å². The van der Waals surface area contributed by atoms with E-state index in [9.17, 15) is 4.39 Å². The van der Waals surface area contributed by atoms with Gasteiger partial charge in [-0.1, -0.05) is 6.92 Å². The van der Waals surface area contributed by atoms with Crippen LogP contribution >= 0.6 is 11.8 Å². The highest BCUT2D eigenvalue weighted by Gasteiger charge is 2.05. The van der Waals surface area contributed by atoms with Gasteiger partial charge in [0.05, 0.1) is 11.9 Å². The second-order valence-electron chi connectivity index (χ2n) is 3.04. The van der Waals surface area contributed by atoms with E-state index in [1.165, 1.54) is 11.8 Å². The maximum Gasteiger partial charge on any atom is 0.116 e. The average Bonchev–Trinajstić information content (AvgIpc) is 2.65. The normalized spacial score (nSPS) is 13.1. The third-order valence-corrected chi connectivity index (χ3v) is 2.91. The van der Waals surface area contributed by atoms with Crippen LogP contribution in [0, 0.1) is 0 Å². The van der Waals surface area contributed by atoms with Crippen LogP contribution in [0.2, 0.25) is 0 Å². The minimum atomic E-state index is -0.847. The number of aliphatic hydroxyl groups excluding tert-OH is 1. The van der Waals surface area contributed by atoms with Gasteiger partial charge in [0, 0.05) is 12.2 Å². The van der Waals surface area contributed by atoms with E-state index in [0.717, 1.165) is 17.9 Å². The largest absolute Gasteiger partial charge is 0.465 e. The summed E-state index contributed by atoms with van der Waals surface area (Å²) in [6, 6.07) is 3.87. The third kappa shape index (κ3) is 3.72. The summed E-state index contributed by atoms with van der Waals surface area (Å²) in [4.78, 5) is 0. The lowest BCUT2D eigenvalue weighted by Crippen LogP contribution is -2.11. The minimum Gasteiger partial charge on any atom is -0.465 e. The Morgan fingerprint density at radius 1 is 1.50 bits per heavy atom. The SMILES string of the molecule is CCc1ccc(CSCC(O)CF)o1. The Morgan fingerprint density at radius 2 is 2.21 bits per heavy atom. The number of hydrogen-bond donors (Lipinski definition) is 1. The van der Waals surface area contributed by atoms with Gasteiger partial charge in [0.1, 0.15) is 18.2 Å². The van der Waals surface area contributed by atoms with Gasteiger partial charge in [0.25, 0.3) is 0 Å². The molecule has 0 aliphatic carbocycles. The van der Waals surface area contributed by atoms with E-state index in [4.69, 9.17) is 9.52 Å². The number of thioether (sulfide) groups is 1. The molecule has 80 valence electrons. The van der Waals surface area contributed by atoms with E-state index in [2.05, 4.69) is 0 Å². The molecular weight excluding hydrogens is 203 g/mol. The average molecular weight is 218 g/mol. The Bertz CT molecular complexity index is 262. The topological polar surface area (TPSA) is 33.4 Å². The maximum absolute atomic E-state index is 11.9. The van der Waals surface area contributed by atoms with Crippen molar-refractivity contribution < 1.29 is 13.9 Å². The highest BCUT2D eigenvalue weighted by molar-refractivity contribution is 7.98. The molecule has 2 nitrogen and oxygen atoms in total. The Balaban J connectivity index is 2.24. The summed E-state index contributed by atoms with van der Waals surface area (Å²) < 4.78 is 17.3. The summed E-state index contributed by atoms with van der Waals surface area (Å²) in [6.45, 7) is 1.36. The Hall–Kier alpha value is -0.480. The van der Waals surface area contributed by atoms with Crippen LogP contribution < -0.4 is 0 Å². The van der Waals surface area contributed by atoms with Gasteiger partial charge in [0.2, 0.25) is 0 Å². The molecule has 0 amide bonds. The number of aliphatic hydroxyl groups is 1. The van der Waals surface area contributed by atoms with Crippen LogP contribution in [0.1, 0.15) is 18.4 Å². The summed E-state index contributed by atoms with van der Waals surface area (Å²) >= 11 is 1.48. The predicted molar refractivity (Wildman–Crippen MR) is 56.2 cm³/mol. The molecule has 0 bridgehead atoms. The van der Waals surface area contributed by atoms with Crippen LogP contribution in [0.4, 0.5) is 4.39 Å².